The predicted octanol–water partition coefficient (Wildman–Crippen LogP) is 5.23. The van der Waals surface area contributed by atoms with Crippen molar-refractivity contribution in [3.05, 3.63) is 62.8 Å². The first-order valence-corrected chi connectivity index (χ1v) is 6.39. The maximum Gasteiger partial charge on any atom is 0.132 e. The number of hydrogen-bond acceptors (Lipinski definition) is 2. The summed E-state index contributed by atoms with van der Waals surface area (Å²) in [5.41, 5.74) is 3.44. The van der Waals surface area contributed by atoms with Crippen LogP contribution < -0.4 is 5.43 Å². The summed E-state index contributed by atoms with van der Waals surface area (Å²) in [5, 5.41) is 5.00. The smallest absolute Gasteiger partial charge is 0.132 e. The number of nitrogens with one attached hydrogen (secondary N) is 1. The molecule has 0 atom stereocenters. The van der Waals surface area contributed by atoms with E-state index in [1.807, 2.05) is 0 Å². The van der Waals surface area contributed by atoms with E-state index in [1.165, 1.54) is 24.4 Å². The Labute approximate surface area is 124 Å². The molecule has 2 aromatic rings. The van der Waals surface area contributed by atoms with Crippen LogP contribution in [-0.4, -0.2) is 6.21 Å². The van der Waals surface area contributed by atoms with Gasteiger partial charge in [0.1, 0.15) is 5.82 Å². The summed E-state index contributed by atoms with van der Waals surface area (Å²) >= 11 is 17.7. The van der Waals surface area contributed by atoms with E-state index in [-0.39, 0.29) is 5.82 Å². The van der Waals surface area contributed by atoms with Gasteiger partial charge in [-0.1, -0.05) is 53.0 Å². The predicted molar refractivity (Wildman–Crippen MR) is 79.1 cm³/mol. The average Bonchev–Trinajstić information content (AvgIpc) is 2.34. The summed E-state index contributed by atoms with van der Waals surface area (Å²) in [6, 6.07) is 9.35. The Morgan fingerprint density at radius 3 is 2.32 bits per heavy atom. The molecule has 19 heavy (non-hydrogen) atoms. The van der Waals surface area contributed by atoms with Gasteiger partial charge in [-0.2, -0.15) is 5.10 Å². The van der Waals surface area contributed by atoms with Gasteiger partial charge < -0.3 is 0 Å². The fourth-order valence-corrected chi connectivity index (χ4v) is 2.30. The Hall–Kier alpha value is -1.29. The van der Waals surface area contributed by atoms with Crippen molar-refractivity contribution < 1.29 is 4.39 Å². The summed E-state index contributed by atoms with van der Waals surface area (Å²) in [5.74, 6) is -0.360. The van der Waals surface area contributed by atoms with Gasteiger partial charge in [0.25, 0.3) is 0 Å². The van der Waals surface area contributed by atoms with Crippen molar-refractivity contribution in [2.75, 3.05) is 5.43 Å². The topological polar surface area (TPSA) is 24.4 Å². The molecule has 0 aliphatic carbocycles. The summed E-state index contributed by atoms with van der Waals surface area (Å²) in [6.45, 7) is 0. The number of hydrogen-bond donors (Lipinski definition) is 1. The highest BCUT2D eigenvalue weighted by molar-refractivity contribution is 6.41. The first-order valence-electron chi connectivity index (χ1n) is 5.26. The van der Waals surface area contributed by atoms with E-state index in [0.717, 1.165) is 0 Å². The van der Waals surface area contributed by atoms with Crippen LogP contribution in [0.1, 0.15) is 5.56 Å². The largest absolute Gasteiger partial charge is 0.275 e. The molecule has 2 aromatic carbocycles. The highest BCUT2D eigenvalue weighted by atomic mass is 35.5. The van der Waals surface area contributed by atoms with Crippen LogP contribution in [0.5, 0.6) is 0 Å². The van der Waals surface area contributed by atoms with Crippen LogP contribution in [-0.2, 0) is 0 Å². The van der Waals surface area contributed by atoms with Gasteiger partial charge in [0.05, 0.1) is 21.9 Å². The van der Waals surface area contributed by atoms with Gasteiger partial charge in [0.15, 0.2) is 0 Å². The van der Waals surface area contributed by atoms with E-state index < -0.39 is 0 Å². The monoisotopic (exact) mass is 316 g/mol. The van der Waals surface area contributed by atoms with Gasteiger partial charge in [0.2, 0.25) is 0 Å². The molecule has 0 fully saturated rings. The Morgan fingerprint density at radius 1 is 1.05 bits per heavy atom. The van der Waals surface area contributed by atoms with Gasteiger partial charge >= 0.3 is 0 Å². The fraction of sp³-hybridized carbons (Fsp3) is 0. The van der Waals surface area contributed by atoms with Gasteiger partial charge in [0, 0.05) is 10.6 Å². The Morgan fingerprint density at radius 2 is 1.68 bits per heavy atom. The maximum atomic E-state index is 13.3. The molecule has 0 aliphatic heterocycles. The molecule has 0 radical (unpaired) electrons. The molecule has 0 saturated heterocycles. The lowest BCUT2D eigenvalue weighted by atomic mass is 10.2. The summed E-state index contributed by atoms with van der Waals surface area (Å²) in [4.78, 5) is 0. The van der Waals surface area contributed by atoms with Crippen molar-refractivity contribution in [3.63, 3.8) is 0 Å². The minimum Gasteiger partial charge on any atom is -0.275 e. The molecule has 2 rings (SSSR count). The summed E-state index contributed by atoms with van der Waals surface area (Å²) in [7, 11) is 0. The van der Waals surface area contributed by atoms with E-state index >= 15 is 0 Å². The van der Waals surface area contributed by atoms with E-state index in [4.69, 9.17) is 34.8 Å². The molecule has 0 heterocycles. The number of anilines is 1. The lowest BCUT2D eigenvalue weighted by Crippen LogP contribution is -1.94. The van der Waals surface area contributed by atoms with Crippen molar-refractivity contribution >= 4 is 46.7 Å². The second-order valence-corrected chi connectivity index (χ2v) is 4.89. The minimum absolute atomic E-state index is 0.336. The zero-order chi connectivity index (χ0) is 13.8. The highest BCUT2D eigenvalue weighted by Crippen LogP contribution is 2.33. The average molecular weight is 318 g/mol. The van der Waals surface area contributed by atoms with Crippen LogP contribution in [0.3, 0.4) is 0 Å². The molecule has 6 heteroatoms. The van der Waals surface area contributed by atoms with E-state index in [9.17, 15) is 4.39 Å². The molecule has 0 spiro atoms. The van der Waals surface area contributed by atoms with Crippen LogP contribution in [0.15, 0.2) is 41.5 Å². The molecule has 0 aliphatic rings. The molecule has 2 nitrogen and oxygen atoms in total. The van der Waals surface area contributed by atoms with Gasteiger partial charge in [-0.05, 0) is 18.2 Å². The van der Waals surface area contributed by atoms with Gasteiger partial charge in [-0.25, -0.2) is 4.39 Å². The Kier molecular flexibility index (Phi) is 4.64. The van der Waals surface area contributed by atoms with Crippen LogP contribution in [0, 0.1) is 5.82 Å². The highest BCUT2D eigenvalue weighted by Gasteiger charge is 2.06. The van der Waals surface area contributed by atoms with Crippen molar-refractivity contribution in [2.24, 2.45) is 5.10 Å². The van der Waals surface area contributed by atoms with Gasteiger partial charge in [-0.15, -0.1) is 0 Å². The third-order valence-corrected chi connectivity index (χ3v) is 3.11. The van der Waals surface area contributed by atoms with Crippen molar-refractivity contribution in [1.82, 2.24) is 0 Å². The SMILES string of the molecule is Fc1ccccc1C=NNc1c(Cl)cc(Cl)cc1Cl. The van der Waals surface area contributed by atoms with Gasteiger partial charge in [-0.3, -0.25) is 5.43 Å². The first-order chi connectivity index (χ1) is 9.08. The van der Waals surface area contributed by atoms with Crippen LogP contribution in [0.4, 0.5) is 10.1 Å². The number of nitrogens with zero attached hydrogens (tertiary/aromatic N) is 1. The second kappa shape index (κ2) is 6.24. The molecular formula is C13H8Cl3FN2. The molecular weight excluding hydrogens is 310 g/mol. The molecule has 0 bridgehead atoms. The van der Waals surface area contributed by atoms with E-state index in [0.29, 0.717) is 26.3 Å². The molecule has 0 saturated carbocycles. The quantitative estimate of drug-likeness (QED) is 0.608. The number of rotatable bonds is 3. The van der Waals surface area contributed by atoms with E-state index in [2.05, 4.69) is 10.5 Å². The first kappa shape index (κ1) is 14.1. The maximum absolute atomic E-state index is 13.3. The van der Waals surface area contributed by atoms with Crippen molar-refractivity contribution in [3.8, 4) is 0 Å². The third-order valence-electron chi connectivity index (χ3n) is 2.29. The summed E-state index contributed by atoms with van der Waals surface area (Å²) in [6.07, 6.45) is 1.34. The Balaban J connectivity index is 2.18. The zero-order valence-electron chi connectivity index (χ0n) is 9.50. The number of benzene rings is 2. The normalized spacial score (nSPS) is 10.9. The minimum atomic E-state index is -0.360. The van der Waals surface area contributed by atoms with Crippen molar-refractivity contribution in [2.45, 2.75) is 0 Å². The Bertz CT molecular complexity index is 606. The van der Waals surface area contributed by atoms with E-state index in [1.54, 1.807) is 18.2 Å². The number of halogens is 4. The molecule has 0 aromatic heterocycles. The molecule has 0 unspecified atom stereocenters. The molecule has 0 amide bonds. The van der Waals surface area contributed by atoms with Crippen LogP contribution in [0.2, 0.25) is 15.1 Å². The summed E-state index contributed by atoms with van der Waals surface area (Å²) < 4.78 is 13.3. The standard InChI is InChI=1S/C13H8Cl3FN2/c14-9-5-10(15)13(11(16)6-9)19-18-7-8-3-1-2-4-12(8)17/h1-7,19H. The fourth-order valence-electron chi connectivity index (χ4n) is 1.40. The third kappa shape index (κ3) is 3.60. The van der Waals surface area contributed by atoms with Crippen molar-refractivity contribution in [1.29, 1.82) is 0 Å². The van der Waals surface area contributed by atoms with Crippen LogP contribution >= 0.6 is 34.8 Å². The lowest BCUT2D eigenvalue weighted by molar-refractivity contribution is 0.626. The lowest BCUT2D eigenvalue weighted by Gasteiger charge is -2.06. The second-order valence-electron chi connectivity index (χ2n) is 3.64. The molecule has 1 N–H and O–H groups in total. The van der Waals surface area contributed by atoms with Crippen LogP contribution in [0.25, 0.3) is 0 Å². The number of hydrazone groups is 1. The zero-order valence-corrected chi connectivity index (χ0v) is 11.8. The molecule has 98 valence electrons.